The molecule has 1 aliphatic carbocycles. The van der Waals surface area contributed by atoms with Crippen LogP contribution < -0.4 is 0 Å². The van der Waals surface area contributed by atoms with Crippen molar-refractivity contribution in [2.24, 2.45) is 9.98 Å². The van der Waals surface area contributed by atoms with Crippen molar-refractivity contribution in [3.8, 4) is 0 Å². The van der Waals surface area contributed by atoms with E-state index < -0.39 is 0 Å². The number of fused-ring (bicyclic) bond motifs is 1. The van der Waals surface area contributed by atoms with Crippen LogP contribution in [0.1, 0.15) is 51.1 Å². The number of hydrogen-bond donors (Lipinski definition) is 0. The number of nitrogens with zero attached hydrogens (tertiary/aromatic N) is 5. The summed E-state index contributed by atoms with van der Waals surface area (Å²) in [6.45, 7) is 8.59. The van der Waals surface area contributed by atoms with Crippen molar-refractivity contribution in [2.45, 2.75) is 46.1 Å². The number of amidine groups is 1. The number of benzene rings is 1. The van der Waals surface area contributed by atoms with Crippen LogP contribution in [0.25, 0.3) is 11.1 Å². The van der Waals surface area contributed by atoms with Gasteiger partial charge in [-0.15, -0.1) is 0 Å². The van der Waals surface area contributed by atoms with Gasteiger partial charge in [-0.3, -0.25) is 4.98 Å². The van der Waals surface area contributed by atoms with Crippen molar-refractivity contribution < 1.29 is 4.42 Å². The molecular weight excluding hydrogens is 374 g/mol. The molecular formula is C24H29N5O. The molecule has 0 amide bonds. The third-order valence-corrected chi connectivity index (χ3v) is 4.72. The molecule has 1 aliphatic rings. The van der Waals surface area contributed by atoms with Gasteiger partial charge >= 0.3 is 0 Å². The maximum atomic E-state index is 5.80. The summed E-state index contributed by atoms with van der Waals surface area (Å²) in [6.07, 6.45) is 6.18. The van der Waals surface area contributed by atoms with Crippen molar-refractivity contribution in [1.29, 1.82) is 0 Å². The second-order valence-electron chi connectivity index (χ2n) is 6.88. The summed E-state index contributed by atoms with van der Waals surface area (Å²) < 4.78 is 5.80. The Morgan fingerprint density at radius 1 is 1.10 bits per heavy atom. The highest BCUT2D eigenvalue weighted by atomic mass is 16.3. The Balaban J connectivity index is 0.00000124. The van der Waals surface area contributed by atoms with Gasteiger partial charge in [-0.25, -0.2) is 15.0 Å². The van der Waals surface area contributed by atoms with Gasteiger partial charge in [0.05, 0.1) is 6.54 Å². The normalized spacial score (nSPS) is 13.7. The van der Waals surface area contributed by atoms with Gasteiger partial charge in [0.25, 0.3) is 0 Å². The van der Waals surface area contributed by atoms with Crippen molar-refractivity contribution in [1.82, 2.24) is 14.9 Å². The maximum Gasteiger partial charge on any atom is 0.215 e. The van der Waals surface area contributed by atoms with Crippen LogP contribution in [0, 0.1) is 0 Å². The van der Waals surface area contributed by atoms with Crippen LogP contribution in [0.3, 0.4) is 0 Å². The molecule has 0 aliphatic heterocycles. The Labute approximate surface area is 178 Å². The molecule has 30 heavy (non-hydrogen) atoms. The Bertz CT molecular complexity index is 995. The van der Waals surface area contributed by atoms with Gasteiger partial charge in [0.15, 0.2) is 11.4 Å². The van der Waals surface area contributed by atoms with Gasteiger partial charge in [-0.2, -0.15) is 0 Å². The highest BCUT2D eigenvalue weighted by Crippen LogP contribution is 2.19. The molecule has 0 atom stereocenters. The van der Waals surface area contributed by atoms with Crippen molar-refractivity contribution >= 4 is 22.6 Å². The third kappa shape index (κ3) is 5.41. The second-order valence-corrected chi connectivity index (χ2v) is 6.88. The molecule has 2 heterocycles. The highest BCUT2D eigenvalue weighted by Gasteiger charge is 2.14. The predicted octanol–water partition coefficient (Wildman–Crippen LogP) is 5.61. The molecule has 6 heteroatoms. The zero-order valence-electron chi connectivity index (χ0n) is 18.0. The van der Waals surface area contributed by atoms with Gasteiger partial charge < -0.3 is 9.32 Å². The van der Waals surface area contributed by atoms with E-state index in [1.54, 1.807) is 6.20 Å². The van der Waals surface area contributed by atoms with Crippen LogP contribution in [-0.4, -0.2) is 33.5 Å². The molecule has 0 spiro atoms. The lowest BCUT2D eigenvalue weighted by Gasteiger charge is -2.17. The lowest BCUT2D eigenvalue weighted by Crippen LogP contribution is -2.17. The third-order valence-electron chi connectivity index (χ3n) is 4.72. The minimum atomic E-state index is 0.475. The number of rotatable bonds is 5. The zero-order valence-corrected chi connectivity index (χ0v) is 18.0. The Morgan fingerprint density at radius 3 is 2.53 bits per heavy atom. The van der Waals surface area contributed by atoms with E-state index in [0.717, 1.165) is 29.6 Å². The molecule has 156 valence electrons. The molecule has 0 saturated heterocycles. The lowest BCUT2D eigenvalue weighted by atomic mass is 10.3. The quantitative estimate of drug-likeness (QED) is 0.410. The fourth-order valence-corrected chi connectivity index (χ4v) is 3.17. The van der Waals surface area contributed by atoms with E-state index in [4.69, 9.17) is 9.41 Å². The average molecular weight is 404 g/mol. The predicted molar refractivity (Wildman–Crippen MR) is 123 cm³/mol. The number of aromatic nitrogens is 2. The van der Waals surface area contributed by atoms with E-state index in [-0.39, 0.29) is 0 Å². The summed E-state index contributed by atoms with van der Waals surface area (Å²) in [5, 5.41) is 0. The van der Waals surface area contributed by atoms with E-state index in [1.165, 1.54) is 18.6 Å². The van der Waals surface area contributed by atoms with Crippen LogP contribution >= 0.6 is 0 Å². The minimum Gasteiger partial charge on any atom is -0.439 e. The van der Waals surface area contributed by atoms with Crippen LogP contribution in [0.2, 0.25) is 0 Å². The molecule has 0 radical (unpaired) electrons. The molecule has 1 saturated carbocycles. The van der Waals surface area contributed by atoms with Crippen molar-refractivity contribution in [3.63, 3.8) is 0 Å². The van der Waals surface area contributed by atoms with Crippen molar-refractivity contribution in [2.75, 3.05) is 7.05 Å². The average Bonchev–Trinajstić information content (AvgIpc) is 3.44. The molecule has 4 rings (SSSR count). The first-order chi connectivity index (χ1) is 14.7. The first-order valence-electron chi connectivity index (χ1n) is 10.5. The summed E-state index contributed by atoms with van der Waals surface area (Å²) in [5.41, 5.74) is 3.56. The van der Waals surface area contributed by atoms with Gasteiger partial charge in [0.1, 0.15) is 17.0 Å². The fraction of sp³-hybridized carbons (Fsp3) is 0.333. The van der Waals surface area contributed by atoms with E-state index in [9.17, 15) is 0 Å². The first-order valence-corrected chi connectivity index (χ1v) is 10.5. The van der Waals surface area contributed by atoms with E-state index in [2.05, 4.69) is 21.5 Å². The molecule has 0 N–H and O–H groups in total. The topological polar surface area (TPSA) is 66.9 Å². The van der Waals surface area contributed by atoms with Crippen LogP contribution in [0.5, 0.6) is 0 Å². The van der Waals surface area contributed by atoms with E-state index in [0.29, 0.717) is 24.1 Å². The molecule has 0 unspecified atom stereocenters. The largest absolute Gasteiger partial charge is 0.439 e. The fourth-order valence-electron chi connectivity index (χ4n) is 3.17. The number of para-hydroxylation sites is 2. The van der Waals surface area contributed by atoms with Gasteiger partial charge in [0.2, 0.25) is 5.89 Å². The van der Waals surface area contributed by atoms with E-state index in [1.807, 2.05) is 68.3 Å². The van der Waals surface area contributed by atoms with Gasteiger partial charge in [-0.1, -0.05) is 38.6 Å². The zero-order chi connectivity index (χ0) is 21.3. The molecule has 2 aromatic heterocycles. The lowest BCUT2D eigenvalue weighted by molar-refractivity contribution is 0.354. The minimum absolute atomic E-state index is 0.475. The summed E-state index contributed by atoms with van der Waals surface area (Å²) in [5.74, 6) is 1.82. The van der Waals surface area contributed by atoms with Crippen molar-refractivity contribution in [3.05, 3.63) is 72.6 Å². The molecule has 1 aromatic carbocycles. The highest BCUT2D eigenvalue weighted by molar-refractivity contribution is 6.06. The van der Waals surface area contributed by atoms with Gasteiger partial charge in [-0.05, 0) is 49.9 Å². The number of hydrogen-bond acceptors (Lipinski definition) is 5. The standard InChI is InChI=1S/C22H23N5O.C2H6/c1-16(27(2)15-21-26-18-11-5-6-13-20(18)28-21)24-22(19-12-7-8-14-23-19)25-17-9-3-4-10-17;1-2/h5-8,11-14H,1,3-4,9-10,15H2,2H3;1-2H3/b24-22-;. The van der Waals surface area contributed by atoms with Gasteiger partial charge in [0, 0.05) is 19.0 Å². The molecule has 0 bridgehead atoms. The number of pyridine rings is 1. The molecule has 6 nitrogen and oxygen atoms in total. The summed E-state index contributed by atoms with van der Waals surface area (Å²) >= 11 is 0. The number of aliphatic imine (C=N–C) groups is 2. The maximum absolute atomic E-state index is 5.80. The monoisotopic (exact) mass is 403 g/mol. The molecule has 1 fully saturated rings. The molecule has 3 aromatic rings. The van der Waals surface area contributed by atoms with E-state index >= 15 is 0 Å². The second kappa shape index (κ2) is 10.5. The SMILES string of the molecule is C=C(/N=C(\N=C1CCCC1)c1ccccn1)N(C)Cc1nc2ccccc2o1.CC. The van der Waals surface area contributed by atoms with Crippen LogP contribution in [0.4, 0.5) is 0 Å². The summed E-state index contributed by atoms with van der Waals surface area (Å²) in [4.78, 5) is 20.3. The summed E-state index contributed by atoms with van der Waals surface area (Å²) in [6, 6.07) is 13.5. The Morgan fingerprint density at radius 2 is 1.83 bits per heavy atom. The number of oxazole rings is 1. The Kier molecular flexibility index (Phi) is 7.49. The Hall–Kier alpha value is -3.28. The van der Waals surface area contributed by atoms with Crippen LogP contribution in [0.15, 0.2) is 75.5 Å². The smallest absolute Gasteiger partial charge is 0.215 e. The first kappa shape index (κ1) is 21.4. The summed E-state index contributed by atoms with van der Waals surface area (Å²) in [7, 11) is 1.92. The van der Waals surface area contributed by atoms with Crippen LogP contribution in [-0.2, 0) is 6.54 Å².